The second-order valence-electron chi connectivity index (χ2n) is 7.20. The monoisotopic (exact) mass is 408 g/mol. The van der Waals surface area contributed by atoms with Crippen LogP contribution in [-0.2, 0) is 0 Å². The quantitative estimate of drug-likeness (QED) is 0.451. The lowest BCUT2D eigenvalue weighted by atomic mass is 10.0. The highest BCUT2D eigenvalue weighted by molar-refractivity contribution is 7.13. The summed E-state index contributed by atoms with van der Waals surface area (Å²) in [7, 11) is 0. The Labute approximate surface area is 176 Å². The van der Waals surface area contributed by atoms with Crippen molar-refractivity contribution in [3.63, 3.8) is 0 Å². The van der Waals surface area contributed by atoms with Crippen LogP contribution in [0, 0.1) is 6.92 Å². The third-order valence-electron chi connectivity index (χ3n) is 5.34. The second kappa shape index (κ2) is 6.33. The molecule has 0 radical (unpaired) electrons. The lowest BCUT2D eigenvalue weighted by molar-refractivity contribution is 0.923. The summed E-state index contributed by atoms with van der Waals surface area (Å²) < 4.78 is 1.81. The number of thiophene rings is 1. The zero-order valence-corrected chi connectivity index (χ0v) is 16.9. The summed E-state index contributed by atoms with van der Waals surface area (Å²) in [4.78, 5) is 14.7. The normalized spacial score (nSPS) is 13.0. The van der Waals surface area contributed by atoms with Crippen LogP contribution in [0.4, 0.5) is 5.82 Å². The van der Waals surface area contributed by atoms with Crippen molar-refractivity contribution in [3.05, 3.63) is 71.9 Å². The number of anilines is 1. The Morgan fingerprint density at radius 1 is 1.10 bits per heavy atom. The fourth-order valence-electron chi connectivity index (χ4n) is 3.78. The van der Waals surface area contributed by atoms with Gasteiger partial charge in [-0.15, -0.1) is 11.3 Å². The Morgan fingerprint density at radius 2 is 2.00 bits per heavy atom. The van der Waals surface area contributed by atoms with Crippen molar-refractivity contribution >= 4 is 44.8 Å². The number of aromatic nitrogens is 5. The van der Waals surface area contributed by atoms with Crippen LogP contribution in [0.2, 0.25) is 0 Å². The number of benzene rings is 1. The van der Waals surface area contributed by atoms with Crippen molar-refractivity contribution in [3.8, 4) is 21.8 Å². The number of fused-ring (bicyclic) bond motifs is 2. The molecule has 0 unspecified atom stereocenters. The van der Waals surface area contributed by atoms with Crippen LogP contribution >= 0.6 is 11.3 Å². The van der Waals surface area contributed by atoms with Crippen molar-refractivity contribution in [2.24, 2.45) is 0 Å². The van der Waals surface area contributed by atoms with Gasteiger partial charge >= 0.3 is 0 Å². The molecule has 30 heavy (non-hydrogen) atoms. The summed E-state index contributed by atoms with van der Waals surface area (Å²) in [6, 6.07) is 12.5. The lowest BCUT2D eigenvalue weighted by Crippen LogP contribution is -2.02. The number of hydrogen-bond acceptors (Lipinski definition) is 6. The highest BCUT2D eigenvalue weighted by atomic mass is 32.1. The van der Waals surface area contributed by atoms with Gasteiger partial charge in [0.25, 0.3) is 0 Å². The largest absolute Gasteiger partial charge is 0.383 e. The van der Waals surface area contributed by atoms with Gasteiger partial charge in [0.15, 0.2) is 5.65 Å². The van der Waals surface area contributed by atoms with E-state index in [1.165, 1.54) is 11.9 Å². The van der Waals surface area contributed by atoms with Gasteiger partial charge in [-0.05, 0) is 48.2 Å². The molecule has 6 nitrogen and oxygen atoms in total. The predicted octanol–water partition coefficient (Wildman–Crippen LogP) is 5.07. The molecule has 0 saturated carbocycles. The minimum atomic E-state index is 0.418. The Bertz CT molecular complexity index is 1510. The third-order valence-corrected chi connectivity index (χ3v) is 6.23. The first kappa shape index (κ1) is 17.1. The van der Waals surface area contributed by atoms with E-state index in [0.29, 0.717) is 11.5 Å². The number of nitrogens with zero attached hydrogens (tertiary/aromatic N) is 5. The fraction of sp³-hybridized carbons (Fsp3) is 0.0435. The molecule has 4 heterocycles. The molecular weight excluding hydrogens is 392 g/mol. The van der Waals surface area contributed by atoms with Gasteiger partial charge in [-0.2, -0.15) is 5.10 Å². The maximum absolute atomic E-state index is 6.24. The first-order valence-corrected chi connectivity index (χ1v) is 10.4. The molecule has 0 atom stereocenters. The van der Waals surface area contributed by atoms with Crippen molar-refractivity contribution in [2.45, 2.75) is 6.92 Å². The highest BCUT2D eigenvalue weighted by Gasteiger charge is 2.20. The van der Waals surface area contributed by atoms with E-state index in [1.807, 2.05) is 29.0 Å². The van der Waals surface area contributed by atoms with Crippen LogP contribution in [0.25, 0.3) is 49.5 Å². The number of allylic oxidation sites excluding steroid dienone is 4. The highest BCUT2D eigenvalue weighted by Crippen LogP contribution is 2.35. The summed E-state index contributed by atoms with van der Waals surface area (Å²) in [5, 5.41) is 8.78. The topological polar surface area (TPSA) is 82.5 Å². The van der Waals surface area contributed by atoms with Crippen molar-refractivity contribution in [2.75, 3.05) is 5.73 Å². The Kier molecular flexibility index (Phi) is 3.60. The molecule has 144 valence electrons. The number of aryl methyl sites for hydroxylation is 1. The first-order valence-electron chi connectivity index (χ1n) is 9.52. The smallest absolute Gasteiger partial charge is 0.169 e. The van der Waals surface area contributed by atoms with E-state index in [9.17, 15) is 0 Å². The van der Waals surface area contributed by atoms with Gasteiger partial charge in [0.1, 0.15) is 17.8 Å². The average molecular weight is 408 g/mol. The maximum Gasteiger partial charge on any atom is 0.169 e. The Morgan fingerprint density at radius 3 is 2.77 bits per heavy atom. The summed E-state index contributed by atoms with van der Waals surface area (Å²) in [5.74, 6) is 0.418. The molecule has 5 aromatic rings. The van der Waals surface area contributed by atoms with Crippen molar-refractivity contribution in [1.29, 1.82) is 0 Å². The second-order valence-corrected chi connectivity index (χ2v) is 8.15. The zero-order chi connectivity index (χ0) is 20.2. The zero-order valence-electron chi connectivity index (χ0n) is 16.1. The predicted molar refractivity (Wildman–Crippen MR) is 122 cm³/mol. The van der Waals surface area contributed by atoms with Crippen molar-refractivity contribution in [1.82, 2.24) is 24.7 Å². The van der Waals surface area contributed by atoms with E-state index in [4.69, 9.17) is 15.8 Å². The number of nitrogens with two attached hydrogens (primary N) is 1. The van der Waals surface area contributed by atoms with E-state index in [-0.39, 0.29) is 0 Å². The molecule has 0 spiro atoms. The molecule has 0 amide bonds. The van der Waals surface area contributed by atoms with E-state index in [2.05, 4.69) is 52.6 Å². The first-order chi connectivity index (χ1) is 14.7. The van der Waals surface area contributed by atoms with Crippen molar-refractivity contribution < 1.29 is 0 Å². The Hall–Kier alpha value is -3.84. The number of pyridine rings is 1. The van der Waals surface area contributed by atoms with Crippen LogP contribution in [0.1, 0.15) is 5.56 Å². The molecule has 0 saturated heterocycles. The summed E-state index contributed by atoms with van der Waals surface area (Å²) in [5.41, 5.74) is 12.7. The van der Waals surface area contributed by atoms with E-state index in [1.54, 1.807) is 11.3 Å². The van der Waals surface area contributed by atoms with Gasteiger partial charge in [0.2, 0.25) is 0 Å². The van der Waals surface area contributed by atoms with Gasteiger partial charge in [0, 0.05) is 10.9 Å². The number of rotatable bonds is 3. The summed E-state index contributed by atoms with van der Waals surface area (Å²) >= 11 is 1.69. The molecular formula is C23H16N6S. The minimum Gasteiger partial charge on any atom is -0.383 e. The molecule has 6 rings (SSSR count). The maximum atomic E-state index is 6.24. The molecule has 0 fully saturated rings. The average Bonchev–Trinajstić information content (AvgIpc) is 3.36. The molecule has 0 bridgehead atoms. The molecule has 1 aromatic carbocycles. The molecule has 0 aliphatic heterocycles. The van der Waals surface area contributed by atoms with Gasteiger partial charge < -0.3 is 5.73 Å². The summed E-state index contributed by atoms with van der Waals surface area (Å²) in [6.45, 7) is 2.12. The molecule has 2 N–H and O–H groups in total. The van der Waals surface area contributed by atoms with Gasteiger partial charge in [-0.1, -0.05) is 24.3 Å². The molecule has 1 aliphatic carbocycles. The Balaban J connectivity index is 1.59. The van der Waals surface area contributed by atoms with E-state index < -0.39 is 0 Å². The molecule has 4 aromatic heterocycles. The standard InChI is InChI=1S/C23H16N6S/c1-13-10-18(19-6-3-9-30-19)27-17-11-14(7-8-16(13)17)21-20-22(24)25-12-26-23(20)29(28-21)15-4-2-5-15/h2-12H,1H3,(H2,24,25,26). The van der Waals surface area contributed by atoms with Gasteiger partial charge in [-0.25, -0.2) is 19.6 Å². The SMILES string of the molecule is Cc1cc(-c2cccs2)nc2cc(-c3nn(C4=CC=C4)c4ncnc(N)c34)ccc12. The van der Waals surface area contributed by atoms with Crippen LogP contribution < -0.4 is 5.73 Å². The van der Waals surface area contributed by atoms with Gasteiger partial charge in [-0.3, -0.25) is 0 Å². The molecule has 1 aliphatic rings. The van der Waals surface area contributed by atoms with E-state index in [0.717, 1.165) is 43.8 Å². The van der Waals surface area contributed by atoms with Crippen LogP contribution in [0.15, 0.2) is 66.3 Å². The van der Waals surface area contributed by atoms with Crippen LogP contribution in [0.5, 0.6) is 0 Å². The van der Waals surface area contributed by atoms with Crippen LogP contribution in [0.3, 0.4) is 0 Å². The van der Waals surface area contributed by atoms with Gasteiger partial charge in [0.05, 0.1) is 27.2 Å². The van der Waals surface area contributed by atoms with Crippen LogP contribution in [-0.4, -0.2) is 24.7 Å². The third kappa shape index (κ3) is 2.49. The fourth-order valence-corrected chi connectivity index (χ4v) is 4.47. The minimum absolute atomic E-state index is 0.418. The lowest BCUT2D eigenvalue weighted by Gasteiger charge is -2.08. The number of nitrogen functional groups attached to an aromatic ring is 1. The molecule has 7 heteroatoms. The summed E-state index contributed by atoms with van der Waals surface area (Å²) in [6.07, 6.45) is 7.43. The van der Waals surface area contributed by atoms with E-state index >= 15 is 0 Å². The number of hydrogen-bond donors (Lipinski definition) is 1.